The van der Waals surface area contributed by atoms with Gasteiger partial charge in [-0.2, -0.15) is 4.31 Å². The monoisotopic (exact) mass is 281 g/mol. The molecule has 0 amide bonds. The van der Waals surface area contributed by atoms with Crippen LogP contribution in [0.3, 0.4) is 0 Å². The summed E-state index contributed by atoms with van der Waals surface area (Å²) in [7, 11) is -3.79. The van der Waals surface area contributed by atoms with Gasteiger partial charge in [0.1, 0.15) is 6.04 Å². The molecular formula is C13H15NO4S. The maximum atomic E-state index is 12.4. The highest BCUT2D eigenvalue weighted by Gasteiger charge is 2.40. The summed E-state index contributed by atoms with van der Waals surface area (Å²) in [6.45, 7) is 5.61. The summed E-state index contributed by atoms with van der Waals surface area (Å²) in [5.74, 6) is -1.14. The number of hydrogen-bond acceptors (Lipinski definition) is 3. The van der Waals surface area contributed by atoms with Gasteiger partial charge in [-0.25, -0.2) is 8.42 Å². The third-order valence-electron chi connectivity index (χ3n) is 3.12. The maximum Gasteiger partial charge on any atom is 0.322 e. The Morgan fingerprint density at radius 2 is 1.95 bits per heavy atom. The van der Waals surface area contributed by atoms with E-state index >= 15 is 0 Å². The Morgan fingerprint density at radius 1 is 1.37 bits per heavy atom. The molecule has 2 rings (SSSR count). The number of aliphatic carboxylic acids is 1. The van der Waals surface area contributed by atoms with Crippen LogP contribution >= 0.6 is 0 Å². The summed E-state index contributed by atoms with van der Waals surface area (Å²) in [5.41, 5.74) is 1.56. The number of nitrogens with zero attached hydrogens (tertiary/aromatic N) is 1. The molecule has 1 aromatic carbocycles. The van der Waals surface area contributed by atoms with Gasteiger partial charge in [-0.05, 0) is 25.5 Å². The Kier molecular flexibility index (Phi) is 3.47. The zero-order chi connectivity index (χ0) is 14.2. The van der Waals surface area contributed by atoms with Crippen molar-refractivity contribution in [2.45, 2.75) is 24.3 Å². The fourth-order valence-corrected chi connectivity index (χ4v) is 3.68. The predicted molar refractivity (Wildman–Crippen MR) is 70.3 cm³/mol. The molecule has 19 heavy (non-hydrogen) atoms. The van der Waals surface area contributed by atoms with E-state index in [1.807, 2.05) is 6.92 Å². The SMILES string of the molecule is C=C1C[C@@H](C(=O)O)N(S(=O)(=O)c2ccc(C)cc2)C1. The van der Waals surface area contributed by atoms with Crippen LogP contribution in [0.15, 0.2) is 41.3 Å². The first-order chi connectivity index (χ1) is 8.82. The van der Waals surface area contributed by atoms with Crippen molar-refractivity contribution in [3.63, 3.8) is 0 Å². The summed E-state index contributed by atoms with van der Waals surface area (Å²) in [4.78, 5) is 11.3. The van der Waals surface area contributed by atoms with Crippen LogP contribution in [-0.2, 0) is 14.8 Å². The fourth-order valence-electron chi connectivity index (χ4n) is 2.08. The van der Waals surface area contributed by atoms with Crippen molar-refractivity contribution in [2.75, 3.05) is 6.54 Å². The van der Waals surface area contributed by atoms with E-state index in [2.05, 4.69) is 6.58 Å². The highest BCUT2D eigenvalue weighted by atomic mass is 32.2. The van der Waals surface area contributed by atoms with Crippen LogP contribution < -0.4 is 0 Å². The van der Waals surface area contributed by atoms with Crippen molar-refractivity contribution < 1.29 is 18.3 Å². The number of aryl methyl sites for hydroxylation is 1. The Balaban J connectivity index is 2.41. The van der Waals surface area contributed by atoms with Crippen LogP contribution in [0.2, 0.25) is 0 Å². The molecule has 5 nitrogen and oxygen atoms in total. The smallest absolute Gasteiger partial charge is 0.322 e. The molecule has 0 unspecified atom stereocenters. The lowest BCUT2D eigenvalue weighted by Crippen LogP contribution is -2.40. The number of benzene rings is 1. The second kappa shape index (κ2) is 4.79. The largest absolute Gasteiger partial charge is 0.480 e. The van der Waals surface area contributed by atoms with Gasteiger partial charge in [0.2, 0.25) is 10.0 Å². The van der Waals surface area contributed by atoms with E-state index in [0.717, 1.165) is 9.87 Å². The Labute approximate surface area is 112 Å². The van der Waals surface area contributed by atoms with Crippen molar-refractivity contribution in [2.24, 2.45) is 0 Å². The molecule has 0 saturated carbocycles. The molecule has 0 spiro atoms. The molecule has 1 aliphatic rings. The minimum absolute atomic E-state index is 0.0627. The molecule has 0 radical (unpaired) electrons. The highest BCUT2D eigenvalue weighted by molar-refractivity contribution is 7.89. The number of sulfonamides is 1. The van der Waals surface area contributed by atoms with Gasteiger partial charge in [0.15, 0.2) is 0 Å². The minimum Gasteiger partial charge on any atom is -0.480 e. The van der Waals surface area contributed by atoms with Crippen molar-refractivity contribution >= 4 is 16.0 Å². The third kappa shape index (κ3) is 2.54. The highest BCUT2D eigenvalue weighted by Crippen LogP contribution is 2.28. The zero-order valence-electron chi connectivity index (χ0n) is 10.5. The quantitative estimate of drug-likeness (QED) is 0.850. The summed E-state index contributed by atoms with van der Waals surface area (Å²) in [5, 5.41) is 9.11. The van der Waals surface area contributed by atoms with Crippen LogP contribution in [0.25, 0.3) is 0 Å². The van der Waals surface area contributed by atoms with Crippen LogP contribution in [0.4, 0.5) is 0 Å². The maximum absolute atomic E-state index is 12.4. The van der Waals surface area contributed by atoms with Crippen LogP contribution in [-0.4, -0.2) is 36.4 Å². The van der Waals surface area contributed by atoms with Crippen molar-refractivity contribution in [3.05, 3.63) is 42.0 Å². The Hall–Kier alpha value is -1.66. The standard InChI is InChI=1S/C13H15NO4S/c1-9-3-5-11(6-4-9)19(17,18)14-8-10(2)7-12(14)13(15)16/h3-6,12H,2,7-8H2,1H3,(H,15,16)/t12-/m0/s1. The van der Waals surface area contributed by atoms with E-state index in [1.165, 1.54) is 12.1 Å². The molecule has 0 bridgehead atoms. The molecule has 0 aromatic heterocycles. The van der Waals surface area contributed by atoms with Gasteiger partial charge in [-0.15, -0.1) is 0 Å². The van der Waals surface area contributed by atoms with Crippen molar-refractivity contribution in [1.82, 2.24) is 4.31 Å². The average molecular weight is 281 g/mol. The van der Waals surface area contributed by atoms with E-state index in [1.54, 1.807) is 12.1 Å². The van der Waals surface area contributed by atoms with Crippen molar-refractivity contribution in [1.29, 1.82) is 0 Å². The van der Waals surface area contributed by atoms with Gasteiger partial charge in [0, 0.05) is 6.54 Å². The van der Waals surface area contributed by atoms with E-state index in [4.69, 9.17) is 5.11 Å². The number of carbonyl (C=O) groups is 1. The van der Waals surface area contributed by atoms with Gasteiger partial charge < -0.3 is 5.11 Å². The summed E-state index contributed by atoms with van der Waals surface area (Å²) in [6, 6.07) is 5.30. The molecule has 1 aromatic rings. The lowest BCUT2D eigenvalue weighted by molar-refractivity contribution is -0.140. The molecule has 1 heterocycles. The normalized spacial score (nSPS) is 20.7. The molecule has 1 atom stereocenters. The van der Waals surface area contributed by atoms with Gasteiger partial charge >= 0.3 is 5.97 Å². The van der Waals surface area contributed by atoms with Crippen LogP contribution in [0.1, 0.15) is 12.0 Å². The van der Waals surface area contributed by atoms with E-state index < -0.39 is 22.0 Å². The number of carboxylic acid groups (broad SMARTS) is 1. The number of carboxylic acids is 1. The van der Waals surface area contributed by atoms with Crippen LogP contribution in [0.5, 0.6) is 0 Å². The molecule has 1 aliphatic heterocycles. The van der Waals surface area contributed by atoms with E-state index in [0.29, 0.717) is 5.57 Å². The van der Waals surface area contributed by atoms with Gasteiger partial charge in [0.05, 0.1) is 4.90 Å². The number of rotatable bonds is 3. The average Bonchev–Trinajstić information content (AvgIpc) is 2.73. The lowest BCUT2D eigenvalue weighted by Gasteiger charge is -2.20. The molecule has 1 N–H and O–H groups in total. The Morgan fingerprint density at radius 3 is 2.47 bits per heavy atom. The van der Waals surface area contributed by atoms with Gasteiger partial charge in [-0.1, -0.05) is 29.8 Å². The molecule has 0 aliphatic carbocycles. The fraction of sp³-hybridized carbons (Fsp3) is 0.308. The molecule has 1 fully saturated rings. The summed E-state index contributed by atoms with van der Waals surface area (Å²) in [6.07, 6.45) is 0.167. The van der Waals surface area contributed by atoms with Gasteiger partial charge in [-0.3, -0.25) is 4.79 Å². The minimum atomic E-state index is -3.79. The first kappa shape index (κ1) is 13.8. The molecule has 6 heteroatoms. The second-order valence-corrected chi connectivity index (χ2v) is 6.56. The van der Waals surface area contributed by atoms with E-state index in [9.17, 15) is 13.2 Å². The number of hydrogen-bond donors (Lipinski definition) is 1. The van der Waals surface area contributed by atoms with Crippen LogP contribution in [0, 0.1) is 6.92 Å². The van der Waals surface area contributed by atoms with Gasteiger partial charge in [0.25, 0.3) is 0 Å². The third-order valence-corrected chi connectivity index (χ3v) is 4.99. The second-order valence-electron chi connectivity index (χ2n) is 4.67. The molecule has 1 saturated heterocycles. The Bertz CT molecular complexity index is 619. The zero-order valence-corrected chi connectivity index (χ0v) is 11.4. The first-order valence-electron chi connectivity index (χ1n) is 5.80. The lowest BCUT2D eigenvalue weighted by atomic mass is 10.2. The van der Waals surface area contributed by atoms with Crippen molar-refractivity contribution in [3.8, 4) is 0 Å². The summed E-state index contributed by atoms with van der Waals surface area (Å²) >= 11 is 0. The molecule has 102 valence electrons. The molecular weight excluding hydrogens is 266 g/mol. The predicted octanol–water partition coefficient (Wildman–Crippen LogP) is 1.40. The first-order valence-corrected chi connectivity index (χ1v) is 7.24. The van der Waals surface area contributed by atoms with E-state index in [-0.39, 0.29) is 17.9 Å². The topological polar surface area (TPSA) is 74.7 Å². The summed E-state index contributed by atoms with van der Waals surface area (Å²) < 4.78 is 25.9.